The van der Waals surface area contributed by atoms with E-state index in [1.165, 1.54) is 14.2 Å². The molecule has 0 heterocycles. The van der Waals surface area contributed by atoms with Gasteiger partial charge in [0.05, 0.1) is 0 Å². The molecule has 0 aliphatic rings. The summed E-state index contributed by atoms with van der Waals surface area (Å²) in [4.78, 5) is 0. The lowest BCUT2D eigenvalue weighted by atomic mass is 10.1. The van der Waals surface area contributed by atoms with Crippen LogP contribution >= 0.6 is 7.60 Å². The summed E-state index contributed by atoms with van der Waals surface area (Å²) in [5.41, 5.74) is 2.51. The molecule has 0 amide bonds. The van der Waals surface area contributed by atoms with E-state index in [1.54, 1.807) is 0 Å². The van der Waals surface area contributed by atoms with Crippen LogP contribution < -0.4 is 0 Å². The molecule has 0 spiro atoms. The first-order valence-corrected chi connectivity index (χ1v) is 5.36. The smallest absolute Gasteiger partial charge is 0.303 e. The largest absolute Gasteiger partial charge is 0.405 e. The lowest BCUT2D eigenvalue weighted by molar-refractivity contribution is 0.288. The van der Waals surface area contributed by atoms with Gasteiger partial charge in [-0.2, -0.15) is 0 Å². The maximum absolute atomic E-state index is 11.4. The van der Waals surface area contributed by atoms with E-state index in [4.69, 9.17) is 0 Å². The lowest BCUT2D eigenvalue weighted by Crippen LogP contribution is -1.88. The van der Waals surface area contributed by atoms with Crippen LogP contribution in [0.25, 0.3) is 0 Å². The normalized spacial score (nSPS) is 13.3. The van der Waals surface area contributed by atoms with Crippen molar-refractivity contribution in [2.75, 3.05) is 14.2 Å². The molecule has 0 rings (SSSR count). The molecule has 70 valence electrons. The van der Waals surface area contributed by atoms with Gasteiger partial charge >= 0.3 is 7.60 Å². The topological polar surface area (TPSA) is 35.5 Å². The van der Waals surface area contributed by atoms with Crippen LogP contribution in [0.3, 0.4) is 0 Å². The van der Waals surface area contributed by atoms with Crippen molar-refractivity contribution in [1.82, 2.24) is 0 Å². The first kappa shape index (κ1) is 11.7. The Hall–Kier alpha value is -0.290. The highest BCUT2D eigenvalue weighted by Crippen LogP contribution is 2.44. The van der Waals surface area contributed by atoms with Gasteiger partial charge in [-0.25, -0.2) is 4.57 Å². The fraction of sp³-hybridized carbons (Fsp3) is 0.750. The van der Waals surface area contributed by atoms with Crippen molar-refractivity contribution in [2.24, 2.45) is 5.92 Å². The van der Waals surface area contributed by atoms with Gasteiger partial charge < -0.3 is 9.05 Å². The quantitative estimate of drug-likeness (QED) is 0.506. The molecular formula is C8H15O3P. The summed E-state index contributed by atoms with van der Waals surface area (Å²) in [5.74, 6) is 3.04. The average Bonchev–Trinajstić information content (AvgIpc) is 2.13. The van der Waals surface area contributed by atoms with Gasteiger partial charge in [-0.15, -0.1) is 0 Å². The molecule has 0 aromatic carbocycles. The number of hydrogen-bond acceptors (Lipinski definition) is 3. The number of rotatable bonds is 3. The molecule has 0 fully saturated rings. The van der Waals surface area contributed by atoms with Crippen LogP contribution in [0, 0.1) is 17.5 Å². The molecule has 0 aliphatic carbocycles. The SMILES string of the molecule is CCC(C)C#CP(=O)(OC)OC. The Balaban J connectivity index is 4.35. The van der Waals surface area contributed by atoms with Gasteiger partial charge in [0.2, 0.25) is 0 Å². The molecule has 0 saturated carbocycles. The van der Waals surface area contributed by atoms with E-state index in [1.807, 2.05) is 13.8 Å². The summed E-state index contributed by atoms with van der Waals surface area (Å²) in [6, 6.07) is 0. The van der Waals surface area contributed by atoms with E-state index in [9.17, 15) is 4.57 Å². The van der Waals surface area contributed by atoms with Crippen LogP contribution in [0.1, 0.15) is 20.3 Å². The molecule has 4 heteroatoms. The second-order valence-electron chi connectivity index (χ2n) is 2.43. The third kappa shape index (κ3) is 3.92. The Morgan fingerprint density at radius 2 is 1.92 bits per heavy atom. The minimum atomic E-state index is -3.11. The molecule has 1 unspecified atom stereocenters. The van der Waals surface area contributed by atoms with Gasteiger partial charge in [0.1, 0.15) is 0 Å². The molecular weight excluding hydrogens is 175 g/mol. The molecule has 0 saturated heterocycles. The highest BCUT2D eigenvalue weighted by atomic mass is 31.2. The highest BCUT2D eigenvalue weighted by molar-refractivity contribution is 7.59. The molecule has 0 aliphatic heterocycles. The minimum Gasteiger partial charge on any atom is -0.303 e. The summed E-state index contributed by atoms with van der Waals surface area (Å²) in [6.45, 7) is 3.98. The van der Waals surface area contributed by atoms with Crippen LogP contribution in [0.15, 0.2) is 0 Å². The van der Waals surface area contributed by atoms with Gasteiger partial charge in [0.25, 0.3) is 0 Å². The molecule has 0 aromatic heterocycles. The second kappa shape index (κ2) is 5.37. The van der Waals surface area contributed by atoms with E-state index in [-0.39, 0.29) is 5.92 Å². The molecule has 0 radical (unpaired) electrons. The van der Waals surface area contributed by atoms with Crippen LogP contribution in [0.5, 0.6) is 0 Å². The van der Waals surface area contributed by atoms with Crippen molar-refractivity contribution in [3.8, 4) is 11.6 Å². The van der Waals surface area contributed by atoms with Crippen molar-refractivity contribution >= 4 is 7.60 Å². The van der Waals surface area contributed by atoms with Gasteiger partial charge in [0, 0.05) is 25.8 Å². The van der Waals surface area contributed by atoms with E-state index >= 15 is 0 Å². The van der Waals surface area contributed by atoms with Gasteiger partial charge in [-0.3, -0.25) is 0 Å². The first-order valence-electron chi connectivity index (χ1n) is 3.82. The monoisotopic (exact) mass is 190 g/mol. The molecule has 0 N–H and O–H groups in total. The summed E-state index contributed by atoms with van der Waals surface area (Å²) < 4.78 is 20.6. The van der Waals surface area contributed by atoms with E-state index in [0.29, 0.717) is 0 Å². The van der Waals surface area contributed by atoms with Gasteiger partial charge in [-0.05, 0) is 6.42 Å². The van der Waals surface area contributed by atoms with Gasteiger partial charge in [0.15, 0.2) is 0 Å². The summed E-state index contributed by atoms with van der Waals surface area (Å²) in [6.07, 6.45) is 0.931. The fourth-order valence-electron chi connectivity index (χ4n) is 0.457. The lowest BCUT2D eigenvalue weighted by Gasteiger charge is -2.05. The molecule has 3 nitrogen and oxygen atoms in total. The summed E-state index contributed by atoms with van der Waals surface area (Å²) >= 11 is 0. The second-order valence-corrected chi connectivity index (χ2v) is 4.38. The van der Waals surface area contributed by atoms with Crippen LogP contribution in [0.2, 0.25) is 0 Å². The Morgan fingerprint density at radius 3 is 2.25 bits per heavy atom. The Labute approximate surface area is 74.0 Å². The fourth-order valence-corrected chi connectivity index (χ4v) is 1.17. The highest BCUT2D eigenvalue weighted by Gasteiger charge is 2.16. The molecule has 0 aromatic rings. The number of hydrogen-bond donors (Lipinski definition) is 0. The van der Waals surface area contributed by atoms with Crippen molar-refractivity contribution in [3.05, 3.63) is 0 Å². The van der Waals surface area contributed by atoms with Gasteiger partial charge in [-0.1, -0.05) is 19.8 Å². The first-order chi connectivity index (χ1) is 5.58. The summed E-state index contributed by atoms with van der Waals surface area (Å²) in [7, 11) is -0.451. The Bertz CT molecular complexity index is 218. The zero-order valence-corrected chi connectivity index (χ0v) is 8.85. The Morgan fingerprint density at radius 1 is 1.42 bits per heavy atom. The molecule has 0 bridgehead atoms. The molecule has 12 heavy (non-hydrogen) atoms. The maximum atomic E-state index is 11.4. The van der Waals surface area contributed by atoms with E-state index < -0.39 is 7.60 Å². The van der Waals surface area contributed by atoms with Crippen LogP contribution in [-0.2, 0) is 13.6 Å². The predicted octanol–water partition coefficient (Wildman–Crippen LogP) is 2.48. The maximum Gasteiger partial charge on any atom is 0.405 e. The van der Waals surface area contributed by atoms with E-state index in [0.717, 1.165) is 6.42 Å². The van der Waals surface area contributed by atoms with Crippen molar-refractivity contribution < 1.29 is 13.6 Å². The van der Waals surface area contributed by atoms with Crippen molar-refractivity contribution in [3.63, 3.8) is 0 Å². The van der Waals surface area contributed by atoms with Crippen molar-refractivity contribution in [1.29, 1.82) is 0 Å². The zero-order chi connectivity index (χ0) is 9.61. The third-order valence-electron chi connectivity index (χ3n) is 1.54. The predicted molar refractivity (Wildman–Crippen MR) is 48.9 cm³/mol. The zero-order valence-electron chi connectivity index (χ0n) is 7.96. The van der Waals surface area contributed by atoms with Crippen molar-refractivity contribution in [2.45, 2.75) is 20.3 Å². The third-order valence-corrected chi connectivity index (χ3v) is 2.91. The Kier molecular flexibility index (Phi) is 5.24. The standard InChI is InChI=1S/C8H15O3P/c1-5-8(2)6-7-12(9,10-3)11-4/h8H,5H2,1-4H3. The average molecular weight is 190 g/mol. The summed E-state index contributed by atoms with van der Waals surface area (Å²) in [5, 5.41) is 0. The van der Waals surface area contributed by atoms with E-state index in [2.05, 4.69) is 20.6 Å². The van der Waals surface area contributed by atoms with Crippen LogP contribution in [-0.4, -0.2) is 14.2 Å². The molecule has 1 atom stereocenters. The van der Waals surface area contributed by atoms with Crippen LogP contribution in [0.4, 0.5) is 0 Å². The minimum absolute atomic E-state index is 0.226.